The van der Waals surface area contributed by atoms with Crippen LogP contribution in [0.5, 0.6) is 0 Å². The summed E-state index contributed by atoms with van der Waals surface area (Å²) >= 11 is 0. The Bertz CT molecular complexity index is 589. The van der Waals surface area contributed by atoms with Crippen LogP contribution >= 0.6 is 0 Å². The molecule has 1 nitrogen and oxygen atoms in total. The van der Waals surface area contributed by atoms with Crippen molar-refractivity contribution < 1.29 is 4.74 Å². The SMILES string of the molecule is CCCCCCC1CCC(CCCOC2CCC(c3ccc(CCCCC)cc3)CC2)CC1. The summed E-state index contributed by atoms with van der Waals surface area (Å²) < 4.78 is 6.33. The van der Waals surface area contributed by atoms with Crippen molar-refractivity contribution >= 4 is 0 Å². The van der Waals surface area contributed by atoms with E-state index in [-0.39, 0.29) is 0 Å². The largest absolute Gasteiger partial charge is 0.378 e. The molecule has 0 aliphatic heterocycles. The Labute approximate surface area is 206 Å². The van der Waals surface area contributed by atoms with Crippen molar-refractivity contribution in [3.8, 4) is 0 Å². The van der Waals surface area contributed by atoms with Crippen LogP contribution in [0.25, 0.3) is 0 Å². The first-order valence-electron chi connectivity index (χ1n) is 15.0. The maximum absolute atomic E-state index is 6.33. The molecule has 2 saturated carbocycles. The third-order valence-corrected chi connectivity index (χ3v) is 8.74. The first kappa shape index (κ1) is 26.8. The van der Waals surface area contributed by atoms with Gasteiger partial charge in [0, 0.05) is 6.61 Å². The lowest BCUT2D eigenvalue weighted by Crippen LogP contribution is -2.21. The first-order valence-corrected chi connectivity index (χ1v) is 15.0. The van der Waals surface area contributed by atoms with Gasteiger partial charge in [-0.2, -0.15) is 0 Å². The maximum Gasteiger partial charge on any atom is 0.0575 e. The average Bonchev–Trinajstić information content (AvgIpc) is 2.86. The van der Waals surface area contributed by atoms with Crippen LogP contribution in [0.4, 0.5) is 0 Å². The highest BCUT2D eigenvalue weighted by Crippen LogP contribution is 2.36. The highest BCUT2D eigenvalue weighted by Gasteiger charge is 2.23. The van der Waals surface area contributed by atoms with Crippen LogP contribution in [-0.2, 0) is 11.2 Å². The van der Waals surface area contributed by atoms with E-state index >= 15 is 0 Å². The van der Waals surface area contributed by atoms with E-state index in [1.54, 1.807) is 5.56 Å². The number of unbranched alkanes of at least 4 members (excludes halogenated alkanes) is 5. The molecule has 2 aliphatic rings. The van der Waals surface area contributed by atoms with E-state index in [2.05, 4.69) is 38.1 Å². The Morgan fingerprint density at radius 2 is 1.24 bits per heavy atom. The molecule has 188 valence electrons. The standard InChI is InChI=1S/C32H54O/c1-3-5-7-9-12-27-14-16-29(17-15-27)13-10-26-33-32-24-22-31(23-25-32)30-20-18-28(19-21-30)11-8-6-4-2/h18-21,27,29,31-32H,3-17,22-26H2,1-2H3. The lowest BCUT2D eigenvalue weighted by molar-refractivity contribution is 0.0204. The monoisotopic (exact) mass is 454 g/mol. The zero-order chi connectivity index (χ0) is 23.1. The van der Waals surface area contributed by atoms with Crippen molar-refractivity contribution in [2.45, 2.75) is 148 Å². The molecule has 2 fully saturated rings. The van der Waals surface area contributed by atoms with Crippen LogP contribution in [0.1, 0.15) is 146 Å². The maximum atomic E-state index is 6.33. The molecule has 3 rings (SSSR count). The Morgan fingerprint density at radius 3 is 1.88 bits per heavy atom. The summed E-state index contributed by atoms with van der Waals surface area (Å²) in [6, 6.07) is 9.58. The van der Waals surface area contributed by atoms with Crippen molar-refractivity contribution in [3.05, 3.63) is 35.4 Å². The molecule has 1 aromatic carbocycles. The van der Waals surface area contributed by atoms with E-state index in [1.165, 1.54) is 128 Å². The van der Waals surface area contributed by atoms with Gasteiger partial charge in [0.15, 0.2) is 0 Å². The number of rotatable bonds is 15. The van der Waals surface area contributed by atoms with Gasteiger partial charge in [0.05, 0.1) is 6.10 Å². The number of hydrogen-bond acceptors (Lipinski definition) is 1. The van der Waals surface area contributed by atoms with Crippen LogP contribution in [0.2, 0.25) is 0 Å². The van der Waals surface area contributed by atoms with Crippen molar-refractivity contribution in [1.82, 2.24) is 0 Å². The number of ether oxygens (including phenoxy) is 1. The smallest absolute Gasteiger partial charge is 0.0575 e. The summed E-state index contributed by atoms with van der Waals surface area (Å²) in [5, 5.41) is 0. The summed E-state index contributed by atoms with van der Waals surface area (Å²) in [6.45, 7) is 5.60. The van der Waals surface area contributed by atoms with Gasteiger partial charge in [0.2, 0.25) is 0 Å². The minimum Gasteiger partial charge on any atom is -0.378 e. The van der Waals surface area contributed by atoms with E-state index in [4.69, 9.17) is 4.74 Å². The molecule has 0 spiro atoms. The summed E-state index contributed by atoms with van der Waals surface area (Å²) in [5.41, 5.74) is 3.08. The van der Waals surface area contributed by atoms with Crippen LogP contribution in [0, 0.1) is 11.8 Å². The van der Waals surface area contributed by atoms with Gasteiger partial charge in [-0.05, 0) is 80.2 Å². The molecule has 0 bridgehead atoms. The predicted octanol–water partition coefficient (Wildman–Crippen LogP) is 10.0. The number of benzene rings is 1. The first-order chi connectivity index (χ1) is 16.3. The minimum absolute atomic E-state index is 0.522. The summed E-state index contributed by atoms with van der Waals surface area (Å²) in [7, 11) is 0. The Balaban J connectivity index is 1.22. The summed E-state index contributed by atoms with van der Waals surface area (Å²) in [4.78, 5) is 0. The number of aryl methyl sites for hydroxylation is 1. The fraction of sp³-hybridized carbons (Fsp3) is 0.812. The van der Waals surface area contributed by atoms with Gasteiger partial charge < -0.3 is 4.74 Å². The van der Waals surface area contributed by atoms with E-state index in [0.717, 1.165) is 24.4 Å². The molecule has 0 saturated heterocycles. The third kappa shape index (κ3) is 10.1. The molecule has 0 radical (unpaired) electrons. The number of hydrogen-bond donors (Lipinski definition) is 0. The Morgan fingerprint density at radius 1 is 0.636 bits per heavy atom. The van der Waals surface area contributed by atoms with Crippen molar-refractivity contribution in [1.29, 1.82) is 0 Å². The molecule has 0 amide bonds. The van der Waals surface area contributed by atoms with Gasteiger partial charge in [0.25, 0.3) is 0 Å². The fourth-order valence-corrected chi connectivity index (χ4v) is 6.39. The van der Waals surface area contributed by atoms with Gasteiger partial charge in [-0.3, -0.25) is 0 Å². The molecule has 1 heteroatoms. The van der Waals surface area contributed by atoms with Crippen LogP contribution in [0.3, 0.4) is 0 Å². The van der Waals surface area contributed by atoms with E-state index in [9.17, 15) is 0 Å². The minimum atomic E-state index is 0.522. The van der Waals surface area contributed by atoms with Gasteiger partial charge in [-0.25, -0.2) is 0 Å². The van der Waals surface area contributed by atoms with E-state index in [0.29, 0.717) is 6.10 Å². The van der Waals surface area contributed by atoms with Gasteiger partial charge in [-0.15, -0.1) is 0 Å². The molecule has 0 unspecified atom stereocenters. The Hall–Kier alpha value is -0.820. The second-order valence-electron chi connectivity index (χ2n) is 11.4. The lowest BCUT2D eigenvalue weighted by atomic mass is 9.78. The van der Waals surface area contributed by atoms with Gasteiger partial charge in [0.1, 0.15) is 0 Å². The molecule has 0 N–H and O–H groups in total. The summed E-state index contributed by atoms with van der Waals surface area (Å²) in [6.07, 6.45) is 26.8. The second-order valence-corrected chi connectivity index (χ2v) is 11.4. The van der Waals surface area contributed by atoms with E-state index < -0.39 is 0 Å². The quantitative estimate of drug-likeness (QED) is 0.239. The van der Waals surface area contributed by atoms with Gasteiger partial charge in [-0.1, -0.05) is 109 Å². The molecular weight excluding hydrogens is 400 g/mol. The average molecular weight is 455 g/mol. The predicted molar refractivity (Wildman–Crippen MR) is 144 cm³/mol. The molecule has 33 heavy (non-hydrogen) atoms. The third-order valence-electron chi connectivity index (χ3n) is 8.74. The molecule has 2 aliphatic carbocycles. The van der Waals surface area contributed by atoms with Gasteiger partial charge >= 0.3 is 0 Å². The van der Waals surface area contributed by atoms with Crippen LogP contribution in [-0.4, -0.2) is 12.7 Å². The Kier molecular flexibility index (Phi) is 13.0. The van der Waals surface area contributed by atoms with Crippen molar-refractivity contribution in [3.63, 3.8) is 0 Å². The summed E-state index contributed by atoms with van der Waals surface area (Å²) in [5.74, 6) is 2.79. The zero-order valence-electron chi connectivity index (χ0n) is 22.2. The normalized spacial score (nSPS) is 25.9. The fourth-order valence-electron chi connectivity index (χ4n) is 6.39. The molecular formula is C32H54O. The molecule has 0 aromatic heterocycles. The highest BCUT2D eigenvalue weighted by molar-refractivity contribution is 5.26. The van der Waals surface area contributed by atoms with Crippen LogP contribution < -0.4 is 0 Å². The zero-order valence-corrected chi connectivity index (χ0v) is 22.2. The van der Waals surface area contributed by atoms with Crippen molar-refractivity contribution in [2.24, 2.45) is 11.8 Å². The molecule has 0 heterocycles. The topological polar surface area (TPSA) is 9.23 Å². The van der Waals surface area contributed by atoms with Crippen molar-refractivity contribution in [2.75, 3.05) is 6.61 Å². The van der Waals surface area contributed by atoms with Crippen LogP contribution in [0.15, 0.2) is 24.3 Å². The highest BCUT2D eigenvalue weighted by atomic mass is 16.5. The molecule has 0 atom stereocenters. The second kappa shape index (κ2) is 16.0. The van der Waals surface area contributed by atoms with E-state index in [1.807, 2.05) is 0 Å². The molecule has 1 aromatic rings. The lowest BCUT2D eigenvalue weighted by Gasteiger charge is -2.30.